The molecule has 2 fully saturated rings. The molecule has 0 bridgehead atoms. The Hall–Kier alpha value is -0.410. The van der Waals surface area contributed by atoms with E-state index in [9.17, 15) is 4.79 Å². The second-order valence-corrected chi connectivity index (χ2v) is 3.86. The van der Waals surface area contributed by atoms with Crippen molar-refractivity contribution in [2.24, 2.45) is 5.92 Å². The normalized spacial score (nSPS) is 27.2. The molecule has 2 aliphatic rings. The highest BCUT2D eigenvalue weighted by Gasteiger charge is 2.28. The molecule has 12 heavy (non-hydrogen) atoms. The molecule has 2 rings (SSSR count). The largest absolute Gasteiger partial charge is 0.314 e. The zero-order valence-electron chi connectivity index (χ0n) is 7.38. The summed E-state index contributed by atoms with van der Waals surface area (Å²) in [6.45, 7) is 5.68. The lowest BCUT2D eigenvalue weighted by molar-refractivity contribution is -0.127. The van der Waals surface area contributed by atoms with Gasteiger partial charge in [-0.3, -0.25) is 4.79 Å². The Balaban J connectivity index is 1.68. The quantitative estimate of drug-likeness (QED) is 0.623. The van der Waals surface area contributed by atoms with Gasteiger partial charge in [0.2, 0.25) is 0 Å². The third kappa shape index (κ3) is 1.84. The van der Waals surface area contributed by atoms with Crippen LogP contribution in [0.3, 0.4) is 0 Å². The van der Waals surface area contributed by atoms with E-state index in [1.165, 1.54) is 0 Å². The van der Waals surface area contributed by atoms with Crippen LogP contribution in [-0.2, 0) is 4.79 Å². The van der Waals surface area contributed by atoms with E-state index in [0.29, 0.717) is 11.7 Å². The Morgan fingerprint density at radius 2 is 2.00 bits per heavy atom. The predicted molar refractivity (Wildman–Crippen MR) is 47.0 cm³/mol. The number of ketones is 1. The van der Waals surface area contributed by atoms with E-state index >= 15 is 0 Å². The maximum atomic E-state index is 10.7. The van der Waals surface area contributed by atoms with Crippen molar-refractivity contribution in [3.8, 4) is 0 Å². The lowest BCUT2D eigenvalue weighted by atomic mass is 9.83. The van der Waals surface area contributed by atoms with Gasteiger partial charge in [0.05, 0.1) is 0 Å². The summed E-state index contributed by atoms with van der Waals surface area (Å²) in [5, 5.41) is 3.32. The molecule has 3 nitrogen and oxygen atoms in total. The number of Topliss-reactive ketones (excluding diaryl/α,β-unsaturated/α-hetero) is 1. The van der Waals surface area contributed by atoms with Gasteiger partial charge >= 0.3 is 0 Å². The van der Waals surface area contributed by atoms with Crippen LogP contribution in [0.25, 0.3) is 0 Å². The van der Waals surface area contributed by atoms with Gasteiger partial charge in [0, 0.05) is 45.6 Å². The number of hydrogen-bond donors (Lipinski definition) is 1. The van der Waals surface area contributed by atoms with E-state index in [4.69, 9.17) is 0 Å². The van der Waals surface area contributed by atoms with Crippen molar-refractivity contribution in [3.63, 3.8) is 0 Å². The minimum Gasteiger partial charge on any atom is -0.314 e. The zero-order valence-corrected chi connectivity index (χ0v) is 7.38. The molecule has 1 N–H and O–H groups in total. The Morgan fingerprint density at radius 3 is 2.58 bits per heavy atom. The van der Waals surface area contributed by atoms with Gasteiger partial charge in [0.15, 0.2) is 0 Å². The predicted octanol–water partition coefficient (Wildman–Crippen LogP) is -0.129. The SMILES string of the molecule is O=C1CC(CN2CCNCC2)C1. The van der Waals surface area contributed by atoms with Crippen LogP contribution < -0.4 is 5.32 Å². The van der Waals surface area contributed by atoms with Crippen LogP contribution in [0.1, 0.15) is 12.8 Å². The molecule has 0 aromatic rings. The molecule has 0 aromatic heterocycles. The van der Waals surface area contributed by atoms with Crippen molar-refractivity contribution in [2.45, 2.75) is 12.8 Å². The van der Waals surface area contributed by atoms with E-state index in [-0.39, 0.29) is 0 Å². The smallest absolute Gasteiger partial charge is 0.133 e. The molecule has 1 aliphatic heterocycles. The van der Waals surface area contributed by atoms with Crippen LogP contribution in [0, 0.1) is 5.92 Å². The van der Waals surface area contributed by atoms with Gasteiger partial charge < -0.3 is 10.2 Å². The maximum absolute atomic E-state index is 10.7. The highest BCUT2D eigenvalue weighted by Crippen LogP contribution is 2.23. The first-order chi connectivity index (χ1) is 5.84. The monoisotopic (exact) mass is 168 g/mol. The van der Waals surface area contributed by atoms with Gasteiger partial charge in [-0.15, -0.1) is 0 Å². The van der Waals surface area contributed by atoms with E-state index in [2.05, 4.69) is 10.2 Å². The molecule has 3 heteroatoms. The summed E-state index contributed by atoms with van der Waals surface area (Å²) in [5.41, 5.74) is 0. The Labute approximate surface area is 73.1 Å². The minimum atomic E-state index is 0.454. The summed E-state index contributed by atoms with van der Waals surface area (Å²) >= 11 is 0. The number of hydrogen-bond acceptors (Lipinski definition) is 3. The summed E-state index contributed by atoms with van der Waals surface area (Å²) in [4.78, 5) is 13.2. The number of nitrogens with one attached hydrogen (secondary N) is 1. The molecule has 0 amide bonds. The van der Waals surface area contributed by atoms with Crippen molar-refractivity contribution < 1.29 is 4.79 Å². The van der Waals surface area contributed by atoms with E-state index in [1.807, 2.05) is 0 Å². The van der Waals surface area contributed by atoms with Gasteiger partial charge in [-0.2, -0.15) is 0 Å². The number of piperazine rings is 1. The standard InChI is InChI=1S/C9H16N2O/c12-9-5-8(6-9)7-11-3-1-10-2-4-11/h8,10H,1-7H2. The molecule has 0 atom stereocenters. The topological polar surface area (TPSA) is 32.3 Å². The van der Waals surface area contributed by atoms with Gasteiger partial charge in [-0.1, -0.05) is 0 Å². The molecule has 1 saturated carbocycles. The van der Waals surface area contributed by atoms with E-state index in [1.54, 1.807) is 0 Å². The fourth-order valence-corrected chi connectivity index (χ4v) is 1.97. The van der Waals surface area contributed by atoms with E-state index < -0.39 is 0 Å². The van der Waals surface area contributed by atoms with Gasteiger partial charge in [-0.25, -0.2) is 0 Å². The molecule has 0 spiro atoms. The average molecular weight is 168 g/mol. The number of rotatable bonds is 2. The Morgan fingerprint density at radius 1 is 1.33 bits per heavy atom. The van der Waals surface area contributed by atoms with E-state index in [0.717, 1.165) is 45.6 Å². The highest BCUT2D eigenvalue weighted by atomic mass is 16.1. The van der Waals surface area contributed by atoms with Crippen LogP contribution in [0.5, 0.6) is 0 Å². The first-order valence-corrected chi connectivity index (χ1v) is 4.79. The van der Waals surface area contributed by atoms with Crippen molar-refractivity contribution in [1.29, 1.82) is 0 Å². The Kier molecular flexibility index (Phi) is 2.42. The van der Waals surface area contributed by atoms with Crippen LogP contribution in [0.2, 0.25) is 0 Å². The average Bonchev–Trinajstić information content (AvgIpc) is 2.04. The van der Waals surface area contributed by atoms with Crippen molar-refractivity contribution >= 4 is 5.78 Å². The number of carbonyl (C=O) groups excluding carboxylic acids is 1. The minimum absolute atomic E-state index is 0.454. The zero-order chi connectivity index (χ0) is 8.39. The molecule has 1 aliphatic carbocycles. The van der Waals surface area contributed by atoms with Crippen molar-refractivity contribution in [1.82, 2.24) is 10.2 Å². The molecule has 68 valence electrons. The molecule has 1 heterocycles. The molecular weight excluding hydrogens is 152 g/mol. The lowest BCUT2D eigenvalue weighted by Gasteiger charge is -2.33. The third-order valence-corrected chi connectivity index (χ3v) is 2.76. The number of carbonyl (C=O) groups is 1. The molecule has 0 radical (unpaired) electrons. The summed E-state index contributed by atoms with van der Waals surface area (Å²) in [6.07, 6.45) is 1.67. The fraction of sp³-hybridized carbons (Fsp3) is 0.889. The summed E-state index contributed by atoms with van der Waals surface area (Å²) in [5.74, 6) is 1.13. The number of nitrogens with zero attached hydrogens (tertiary/aromatic N) is 1. The van der Waals surface area contributed by atoms with Crippen LogP contribution >= 0.6 is 0 Å². The Bertz CT molecular complexity index is 167. The van der Waals surface area contributed by atoms with Crippen LogP contribution in [0.4, 0.5) is 0 Å². The first-order valence-electron chi connectivity index (χ1n) is 4.79. The molecular formula is C9H16N2O. The van der Waals surface area contributed by atoms with Gasteiger partial charge in [0.1, 0.15) is 5.78 Å². The molecule has 0 unspecified atom stereocenters. The highest BCUT2D eigenvalue weighted by molar-refractivity contribution is 5.84. The summed E-state index contributed by atoms with van der Waals surface area (Å²) in [7, 11) is 0. The second-order valence-electron chi connectivity index (χ2n) is 3.86. The molecule has 1 saturated heterocycles. The molecule has 0 aromatic carbocycles. The summed E-state index contributed by atoms with van der Waals surface area (Å²) < 4.78 is 0. The summed E-state index contributed by atoms with van der Waals surface area (Å²) in [6, 6.07) is 0. The first kappa shape index (κ1) is 8.20. The van der Waals surface area contributed by atoms with Crippen molar-refractivity contribution in [3.05, 3.63) is 0 Å². The van der Waals surface area contributed by atoms with Crippen molar-refractivity contribution in [2.75, 3.05) is 32.7 Å². The van der Waals surface area contributed by atoms with Gasteiger partial charge in [0.25, 0.3) is 0 Å². The fourth-order valence-electron chi connectivity index (χ4n) is 1.97. The van der Waals surface area contributed by atoms with Crippen LogP contribution in [-0.4, -0.2) is 43.4 Å². The van der Waals surface area contributed by atoms with Gasteiger partial charge in [-0.05, 0) is 5.92 Å². The third-order valence-electron chi connectivity index (χ3n) is 2.76. The van der Waals surface area contributed by atoms with Crippen LogP contribution in [0.15, 0.2) is 0 Å². The second kappa shape index (κ2) is 3.54. The maximum Gasteiger partial charge on any atom is 0.133 e. The lowest BCUT2D eigenvalue weighted by Crippen LogP contribution is -2.47.